The van der Waals surface area contributed by atoms with Crippen LogP contribution in [0, 0.1) is 6.92 Å². The molecule has 0 aliphatic heterocycles. The lowest BCUT2D eigenvalue weighted by Crippen LogP contribution is -2.36. The summed E-state index contributed by atoms with van der Waals surface area (Å²) in [6.07, 6.45) is 1.39. The van der Waals surface area contributed by atoms with Crippen LogP contribution in [0.4, 0.5) is 0 Å². The van der Waals surface area contributed by atoms with Crippen molar-refractivity contribution in [2.75, 3.05) is 20.2 Å². The first kappa shape index (κ1) is 15.1. The van der Waals surface area contributed by atoms with Gasteiger partial charge in [0, 0.05) is 19.4 Å². The third-order valence-electron chi connectivity index (χ3n) is 2.52. The highest BCUT2D eigenvalue weighted by atomic mass is 16.5. The lowest BCUT2D eigenvalue weighted by Gasteiger charge is -2.20. The molecule has 0 aliphatic rings. The maximum Gasteiger partial charge on any atom is 0.325 e. The highest BCUT2D eigenvalue weighted by Crippen LogP contribution is 2.04. The summed E-state index contributed by atoms with van der Waals surface area (Å²) in [6, 6.07) is 0. The van der Waals surface area contributed by atoms with Crippen LogP contribution in [0.2, 0.25) is 0 Å². The van der Waals surface area contributed by atoms with Gasteiger partial charge in [-0.1, -0.05) is 12.1 Å². The number of hydrogen-bond acceptors (Lipinski definition) is 6. The zero-order chi connectivity index (χ0) is 14.3. The Labute approximate surface area is 111 Å². The average molecular weight is 269 g/mol. The molecule has 7 nitrogen and oxygen atoms in total. The fraction of sp³-hybridized carbons (Fsp3) is 0.667. The molecule has 1 aromatic heterocycles. The van der Waals surface area contributed by atoms with Gasteiger partial charge in [-0.05, 0) is 13.3 Å². The number of nitrogens with zero attached hydrogens (tertiary/aromatic N) is 3. The zero-order valence-corrected chi connectivity index (χ0v) is 11.5. The standard InChI is InChI=1S/C12H19N3O4/c1-4-7-15(8-12(17)18-3)11(16)6-5-10-13-9(2)14-19-10/h4-8H2,1-3H3. The van der Waals surface area contributed by atoms with Crippen LogP contribution in [-0.4, -0.2) is 47.1 Å². The molecule has 0 fully saturated rings. The molecule has 0 atom stereocenters. The number of esters is 1. The molecule has 0 aromatic carbocycles. The summed E-state index contributed by atoms with van der Waals surface area (Å²) >= 11 is 0. The third kappa shape index (κ3) is 5.07. The van der Waals surface area contributed by atoms with Crippen molar-refractivity contribution in [3.05, 3.63) is 11.7 Å². The normalized spacial score (nSPS) is 10.3. The molecule has 7 heteroatoms. The molecule has 0 N–H and O–H groups in total. The Bertz CT molecular complexity index is 430. The maximum atomic E-state index is 12.0. The summed E-state index contributed by atoms with van der Waals surface area (Å²) in [7, 11) is 1.30. The van der Waals surface area contributed by atoms with Gasteiger partial charge in [-0.25, -0.2) is 0 Å². The monoisotopic (exact) mass is 269 g/mol. The van der Waals surface area contributed by atoms with E-state index in [4.69, 9.17) is 4.52 Å². The number of aromatic nitrogens is 2. The maximum absolute atomic E-state index is 12.0. The van der Waals surface area contributed by atoms with Crippen molar-refractivity contribution in [1.29, 1.82) is 0 Å². The molecule has 1 rings (SSSR count). The molecular weight excluding hydrogens is 250 g/mol. The molecule has 19 heavy (non-hydrogen) atoms. The second-order valence-corrected chi connectivity index (χ2v) is 4.13. The van der Waals surface area contributed by atoms with Gasteiger partial charge in [-0.2, -0.15) is 4.98 Å². The summed E-state index contributed by atoms with van der Waals surface area (Å²) in [6.45, 7) is 4.16. The fourth-order valence-corrected chi connectivity index (χ4v) is 1.60. The van der Waals surface area contributed by atoms with Crippen LogP contribution >= 0.6 is 0 Å². The van der Waals surface area contributed by atoms with Crippen molar-refractivity contribution >= 4 is 11.9 Å². The van der Waals surface area contributed by atoms with E-state index in [0.717, 1.165) is 6.42 Å². The van der Waals surface area contributed by atoms with Crippen LogP contribution in [0.5, 0.6) is 0 Å². The first-order chi connectivity index (χ1) is 9.06. The lowest BCUT2D eigenvalue weighted by atomic mass is 10.2. The van der Waals surface area contributed by atoms with Crippen LogP contribution in [-0.2, 0) is 20.7 Å². The largest absolute Gasteiger partial charge is 0.468 e. The van der Waals surface area contributed by atoms with Gasteiger partial charge in [-0.3, -0.25) is 9.59 Å². The van der Waals surface area contributed by atoms with Crippen molar-refractivity contribution in [2.45, 2.75) is 33.1 Å². The van der Waals surface area contributed by atoms with Crippen molar-refractivity contribution in [2.24, 2.45) is 0 Å². The fourth-order valence-electron chi connectivity index (χ4n) is 1.60. The molecule has 0 spiro atoms. The molecule has 106 valence electrons. The molecular formula is C12H19N3O4. The number of hydrogen-bond donors (Lipinski definition) is 0. The zero-order valence-electron chi connectivity index (χ0n) is 11.5. The van der Waals surface area contributed by atoms with Gasteiger partial charge in [0.15, 0.2) is 5.82 Å². The van der Waals surface area contributed by atoms with Crippen molar-refractivity contribution < 1.29 is 18.8 Å². The average Bonchev–Trinajstić information content (AvgIpc) is 2.81. The number of amides is 1. The molecule has 0 aliphatic carbocycles. The molecule has 0 saturated heterocycles. The van der Waals surface area contributed by atoms with Crippen molar-refractivity contribution in [3.8, 4) is 0 Å². The summed E-state index contributed by atoms with van der Waals surface area (Å²) in [5.74, 6) is 0.432. The molecule has 0 unspecified atom stereocenters. The Hall–Kier alpha value is -1.92. The Morgan fingerprint density at radius 3 is 2.68 bits per heavy atom. The van der Waals surface area contributed by atoms with Gasteiger partial charge in [-0.15, -0.1) is 0 Å². The quantitative estimate of drug-likeness (QED) is 0.678. The highest BCUT2D eigenvalue weighted by molar-refractivity contribution is 5.82. The van der Waals surface area contributed by atoms with Crippen molar-refractivity contribution in [3.63, 3.8) is 0 Å². The minimum absolute atomic E-state index is 0.0218. The molecule has 0 saturated carbocycles. The van der Waals surface area contributed by atoms with E-state index >= 15 is 0 Å². The van der Waals surface area contributed by atoms with Crippen LogP contribution < -0.4 is 0 Å². The van der Waals surface area contributed by atoms with Gasteiger partial charge < -0.3 is 14.2 Å². The minimum Gasteiger partial charge on any atom is -0.468 e. The topological polar surface area (TPSA) is 85.5 Å². The number of aryl methyl sites for hydroxylation is 2. The number of carbonyl (C=O) groups excluding carboxylic acids is 2. The first-order valence-electron chi connectivity index (χ1n) is 6.20. The first-order valence-corrected chi connectivity index (χ1v) is 6.20. The Kier molecular flexibility index (Phi) is 5.98. The summed E-state index contributed by atoms with van der Waals surface area (Å²) in [4.78, 5) is 28.7. The van der Waals surface area contributed by atoms with Crippen LogP contribution in [0.15, 0.2) is 4.52 Å². The summed E-state index contributed by atoms with van der Waals surface area (Å²) < 4.78 is 9.50. The van der Waals surface area contributed by atoms with E-state index < -0.39 is 5.97 Å². The molecule has 1 aromatic rings. The molecule has 0 bridgehead atoms. The predicted molar refractivity (Wildman–Crippen MR) is 66.2 cm³/mol. The smallest absolute Gasteiger partial charge is 0.325 e. The Balaban J connectivity index is 2.49. The van der Waals surface area contributed by atoms with Crippen LogP contribution in [0.1, 0.15) is 31.5 Å². The van der Waals surface area contributed by atoms with Gasteiger partial charge in [0.25, 0.3) is 0 Å². The van der Waals surface area contributed by atoms with Crippen molar-refractivity contribution in [1.82, 2.24) is 15.0 Å². The lowest BCUT2D eigenvalue weighted by molar-refractivity contribution is -0.147. The molecule has 0 radical (unpaired) electrons. The highest BCUT2D eigenvalue weighted by Gasteiger charge is 2.17. The van der Waals surface area contributed by atoms with E-state index in [-0.39, 0.29) is 18.9 Å². The molecule has 1 heterocycles. The number of carbonyl (C=O) groups is 2. The van der Waals surface area contributed by atoms with Gasteiger partial charge >= 0.3 is 5.97 Å². The van der Waals surface area contributed by atoms with E-state index in [1.807, 2.05) is 6.92 Å². The summed E-state index contributed by atoms with van der Waals surface area (Å²) in [5, 5.41) is 3.65. The number of rotatable bonds is 7. The Morgan fingerprint density at radius 1 is 1.42 bits per heavy atom. The van der Waals surface area contributed by atoms with E-state index in [0.29, 0.717) is 24.7 Å². The van der Waals surface area contributed by atoms with Gasteiger partial charge in [0.05, 0.1) is 7.11 Å². The van der Waals surface area contributed by atoms with Crippen LogP contribution in [0.3, 0.4) is 0 Å². The van der Waals surface area contributed by atoms with Crippen LogP contribution in [0.25, 0.3) is 0 Å². The van der Waals surface area contributed by atoms with E-state index in [1.165, 1.54) is 12.0 Å². The number of ether oxygens (including phenoxy) is 1. The number of methoxy groups -OCH3 is 1. The third-order valence-corrected chi connectivity index (χ3v) is 2.52. The van der Waals surface area contributed by atoms with Gasteiger partial charge in [0.2, 0.25) is 11.8 Å². The predicted octanol–water partition coefficient (Wildman–Crippen LogP) is 0.722. The van der Waals surface area contributed by atoms with E-state index in [1.54, 1.807) is 6.92 Å². The summed E-state index contributed by atoms with van der Waals surface area (Å²) in [5.41, 5.74) is 0. The van der Waals surface area contributed by atoms with E-state index in [9.17, 15) is 9.59 Å². The van der Waals surface area contributed by atoms with E-state index in [2.05, 4.69) is 14.9 Å². The SMILES string of the molecule is CCCN(CC(=O)OC)C(=O)CCc1nc(C)no1. The Morgan fingerprint density at radius 2 is 2.16 bits per heavy atom. The minimum atomic E-state index is -0.421. The van der Waals surface area contributed by atoms with Gasteiger partial charge in [0.1, 0.15) is 6.54 Å². The second kappa shape index (κ2) is 7.50. The molecule has 1 amide bonds. The second-order valence-electron chi connectivity index (χ2n) is 4.13.